The number of anilines is 3. The minimum atomic E-state index is -0.816. The number of aliphatic hydroxyl groups excluding tert-OH is 1. The summed E-state index contributed by atoms with van der Waals surface area (Å²) < 4.78 is -0.775. The lowest BCUT2D eigenvalue weighted by atomic mass is 9.70. The van der Waals surface area contributed by atoms with E-state index in [2.05, 4.69) is 45.3 Å². The molecule has 2 aromatic rings. The van der Waals surface area contributed by atoms with E-state index >= 15 is 0 Å². The summed E-state index contributed by atoms with van der Waals surface area (Å²) >= 11 is 5.36. The molecule has 3 amide bonds. The fraction of sp³-hybridized carbons (Fsp3) is 0.483. The Bertz CT molecular complexity index is 1230. The number of fused-ring (bicyclic) bond motifs is 1. The number of thioether (sulfide) groups is 1. The van der Waals surface area contributed by atoms with Crippen molar-refractivity contribution in [1.29, 1.82) is 0 Å². The Morgan fingerprint density at radius 2 is 1.69 bits per heavy atom. The van der Waals surface area contributed by atoms with Crippen molar-refractivity contribution in [3.05, 3.63) is 54.6 Å². The molecule has 2 aromatic carbocycles. The largest absolute Gasteiger partial charge is 0.394 e. The number of nitrogens with zero attached hydrogens (tertiary/aromatic N) is 2. The topological polar surface area (TPSA) is 102 Å². The van der Waals surface area contributed by atoms with Crippen LogP contribution < -0.4 is 15.5 Å². The van der Waals surface area contributed by atoms with Crippen molar-refractivity contribution in [3.8, 4) is 0 Å². The standard InChI is InChI=1S/C29H35BrN4O4S/c1-4-33(5-2)20-13-11-19(12-14-20)32-27(37)25-29-15-21(30)24(39-29)22(23(29)28(38)34(25)17(3)16-35)26(36)31-18-9-7-6-8-10-18/h6-14,17,21-25,35H,4-5,15-16H2,1-3H3,(H,31,36)(H,32,37)/t17-,21?,22-,23+,24-,25?,29?/m1/s1. The second kappa shape index (κ2) is 11.1. The summed E-state index contributed by atoms with van der Waals surface area (Å²) in [5.74, 6) is -2.00. The number of carbonyl (C=O) groups excluding carboxylic acids is 3. The monoisotopic (exact) mass is 614 g/mol. The number of nitrogens with one attached hydrogen (secondary N) is 2. The minimum absolute atomic E-state index is 0.0221. The van der Waals surface area contributed by atoms with E-state index in [-0.39, 0.29) is 34.4 Å². The third-order valence-corrected chi connectivity index (χ3v) is 11.5. The number of amides is 3. The average molecular weight is 616 g/mol. The van der Waals surface area contributed by atoms with Gasteiger partial charge in [-0.15, -0.1) is 11.8 Å². The van der Waals surface area contributed by atoms with Gasteiger partial charge in [-0.1, -0.05) is 34.1 Å². The van der Waals surface area contributed by atoms with Crippen molar-refractivity contribution in [2.45, 2.75) is 54.1 Å². The van der Waals surface area contributed by atoms with E-state index in [4.69, 9.17) is 0 Å². The SMILES string of the molecule is CCN(CC)c1ccc(NC(=O)C2N([C@H](C)CO)C(=O)[C@@H]3[C@@H](C(=O)Nc4ccccc4)[C@@H]4SC23CC4Br)cc1. The molecule has 5 rings (SSSR count). The molecule has 1 spiro atoms. The van der Waals surface area contributed by atoms with Crippen LogP contribution >= 0.6 is 27.7 Å². The summed E-state index contributed by atoms with van der Waals surface area (Å²) in [6.45, 7) is 7.44. The molecule has 10 heteroatoms. The third-order valence-electron chi connectivity index (χ3n) is 8.32. The predicted octanol–water partition coefficient (Wildman–Crippen LogP) is 3.96. The molecule has 0 aliphatic carbocycles. The molecule has 3 aliphatic rings. The van der Waals surface area contributed by atoms with Gasteiger partial charge in [0.25, 0.3) is 0 Å². The van der Waals surface area contributed by atoms with Gasteiger partial charge in [-0.3, -0.25) is 14.4 Å². The maximum Gasteiger partial charge on any atom is 0.248 e. The highest BCUT2D eigenvalue weighted by atomic mass is 79.9. The van der Waals surface area contributed by atoms with Crippen LogP contribution in [-0.2, 0) is 14.4 Å². The second-order valence-electron chi connectivity index (χ2n) is 10.5. The molecule has 2 bridgehead atoms. The number of hydrogen-bond donors (Lipinski definition) is 3. The maximum absolute atomic E-state index is 14.0. The van der Waals surface area contributed by atoms with E-state index in [0.29, 0.717) is 17.8 Å². The minimum Gasteiger partial charge on any atom is -0.394 e. The van der Waals surface area contributed by atoms with Crippen LogP contribution in [0, 0.1) is 11.8 Å². The zero-order chi connectivity index (χ0) is 27.9. The van der Waals surface area contributed by atoms with Crippen LogP contribution in [0.1, 0.15) is 27.2 Å². The Labute approximate surface area is 242 Å². The molecule has 3 aliphatic heterocycles. The van der Waals surface area contributed by atoms with E-state index in [0.717, 1.165) is 18.8 Å². The Kier molecular flexibility index (Phi) is 7.99. The zero-order valence-electron chi connectivity index (χ0n) is 22.3. The molecule has 3 unspecified atom stereocenters. The quantitative estimate of drug-likeness (QED) is 0.370. The third kappa shape index (κ3) is 4.74. The van der Waals surface area contributed by atoms with E-state index in [1.807, 2.05) is 54.6 Å². The van der Waals surface area contributed by atoms with E-state index < -0.39 is 28.7 Å². The Balaban J connectivity index is 1.45. The molecular weight excluding hydrogens is 580 g/mol. The van der Waals surface area contributed by atoms with Crippen molar-refractivity contribution in [1.82, 2.24) is 4.90 Å². The molecule has 0 radical (unpaired) electrons. The molecule has 8 nitrogen and oxygen atoms in total. The highest BCUT2D eigenvalue weighted by molar-refractivity contribution is 9.09. The Morgan fingerprint density at radius 3 is 2.31 bits per heavy atom. The van der Waals surface area contributed by atoms with Crippen LogP contribution in [-0.4, -0.2) is 74.3 Å². The van der Waals surface area contributed by atoms with Crippen molar-refractivity contribution in [2.24, 2.45) is 11.8 Å². The summed E-state index contributed by atoms with van der Waals surface area (Å²) in [4.78, 5) is 45.4. The smallest absolute Gasteiger partial charge is 0.248 e. The highest BCUT2D eigenvalue weighted by Crippen LogP contribution is 2.68. The fourth-order valence-corrected chi connectivity index (χ4v) is 10.1. The average Bonchev–Trinajstić information content (AvgIpc) is 3.53. The number of likely N-dealkylation sites (tertiary alicyclic amines) is 1. The van der Waals surface area contributed by atoms with Gasteiger partial charge >= 0.3 is 0 Å². The van der Waals surface area contributed by atoms with E-state index in [1.165, 1.54) is 4.90 Å². The summed E-state index contributed by atoms with van der Waals surface area (Å²) in [7, 11) is 0. The number of rotatable bonds is 9. The first-order chi connectivity index (χ1) is 18.7. The van der Waals surface area contributed by atoms with Gasteiger partial charge in [-0.05, 0) is 63.6 Å². The Hall–Kier alpha value is -2.56. The van der Waals surface area contributed by atoms with Gasteiger partial charge in [0, 0.05) is 40.2 Å². The van der Waals surface area contributed by atoms with Gasteiger partial charge in [-0.2, -0.15) is 0 Å². The van der Waals surface area contributed by atoms with Crippen molar-refractivity contribution < 1.29 is 19.5 Å². The van der Waals surface area contributed by atoms with E-state index in [9.17, 15) is 19.5 Å². The van der Waals surface area contributed by atoms with Gasteiger partial charge in [0.1, 0.15) is 6.04 Å². The second-order valence-corrected chi connectivity index (χ2v) is 13.2. The van der Waals surface area contributed by atoms with Crippen molar-refractivity contribution >= 4 is 62.5 Å². The molecule has 7 atom stereocenters. The van der Waals surface area contributed by atoms with Gasteiger partial charge in [0.2, 0.25) is 17.7 Å². The first-order valence-electron chi connectivity index (χ1n) is 13.5. The number of hydrogen-bond acceptors (Lipinski definition) is 6. The summed E-state index contributed by atoms with van der Waals surface area (Å²) in [5, 5.41) is 15.9. The Morgan fingerprint density at radius 1 is 1.08 bits per heavy atom. The molecule has 3 fully saturated rings. The lowest BCUT2D eigenvalue weighted by Gasteiger charge is -2.36. The van der Waals surface area contributed by atoms with Crippen LogP contribution in [0.15, 0.2) is 54.6 Å². The first-order valence-corrected chi connectivity index (χ1v) is 15.3. The molecular formula is C29H35BrN4O4S. The summed E-state index contributed by atoms with van der Waals surface area (Å²) in [6.07, 6.45) is 0.585. The van der Waals surface area contributed by atoms with Gasteiger partial charge < -0.3 is 25.5 Å². The number of aliphatic hydroxyl groups is 1. The lowest BCUT2D eigenvalue weighted by molar-refractivity contribution is -0.140. The summed E-state index contributed by atoms with van der Waals surface area (Å²) in [5.41, 5.74) is 2.39. The van der Waals surface area contributed by atoms with Crippen LogP contribution in [0.25, 0.3) is 0 Å². The van der Waals surface area contributed by atoms with Gasteiger partial charge in [-0.25, -0.2) is 0 Å². The number of benzene rings is 2. The van der Waals surface area contributed by atoms with Crippen LogP contribution in [0.3, 0.4) is 0 Å². The lowest BCUT2D eigenvalue weighted by Crippen LogP contribution is -2.54. The normalized spacial score (nSPS) is 29.7. The molecule has 3 saturated heterocycles. The zero-order valence-corrected chi connectivity index (χ0v) is 24.7. The number of para-hydroxylation sites is 1. The molecule has 208 valence electrons. The highest BCUT2D eigenvalue weighted by Gasteiger charge is 2.76. The number of alkyl halides is 1. The van der Waals surface area contributed by atoms with Crippen LogP contribution in [0.5, 0.6) is 0 Å². The number of carbonyl (C=O) groups is 3. The van der Waals surface area contributed by atoms with Crippen molar-refractivity contribution in [2.75, 3.05) is 35.2 Å². The number of halogens is 1. The maximum atomic E-state index is 14.0. The first kappa shape index (κ1) is 28.0. The molecule has 0 saturated carbocycles. The van der Waals surface area contributed by atoms with Crippen LogP contribution in [0.2, 0.25) is 0 Å². The van der Waals surface area contributed by atoms with Crippen molar-refractivity contribution in [3.63, 3.8) is 0 Å². The molecule has 39 heavy (non-hydrogen) atoms. The van der Waals surface area contributed by atoms with Gasteiger partial charge in [0.15, 0.2) is 0 Å². The van der Waals surface area contributed by atoms with Gasteiger partial charge in [0.05, 0.1) is 29.2 Å². The van der Waals surface area contributed by atoms with E-state index in [1.54, 1.807) is 18.7 Å². The fourth-order valence-electron chi connectivity index (χ4n) is 6.53. The molecule has 3 heterocycles. The predicted molar refractivity (Wildman–Crippen MR) is 159 cm³/mol. The van der Waals surface area contributed by atoms with Crippen LogP contribution in [0.4, 0.5) is 17.1 Å². The summed E-state index contributed by atoms with van der Waals surface area (Å²) in [6, 6.07) is 15.5. The molecule has 3 N–H and O–H groups in total. The molecule has 0 aromatic heterocycles.